The first-order chi connectivity index (χ1) is 10.9. The van der Waals surface area contributed by atoms with Gasteiger partial charge in [-0.2, -0.15) is 0 Å². The number of furan rings is 1. The summed E-state index contributed by atoms with van der Waals surface area (Å²) in [5.41, 5.74) is 0.331. The molecular weight excluding hydrogens is 339 g/mol. The van der Waals surface area contributed by atoms with Gasteiger partial charge in [0.25, 0.3) is 0 Å². The molecule has 1 heterocycles. The van der Waals surface area contributed by atoms with Crippen molar-refractivity contribution in [3.63, 3.8) is 0 Å². The Balaban J connectivity index is 1.83. The number of allylic oxidation sites excluding steroid dienone is 2. The van der Waals surface area contributed by atoms with Crippen LogP contribution in [0.1, 0.15) is 56.3 Å². The second-order valence-electron chi connectivity index (χ2n) is 6.80. The minimum Gasteiger partial charge on any atom is -0.456 e. The van der Waals surface area contributed by atoms with E-state index in [1.807, 2.05) is 12.2 Å². The van der Waals surface area contributed by atoms with Gasteiger partial charge in [0.15, 0.2) is 17.3 Å². The minimum absolute atomic E-state index is 0.0672. The maximum atomic E-state index is 13.2. The molecule has 1 aromatic heterocycles. The van der Waals surface area contributed by atoms with Crippen LogP contribution in [0.25, 0.3) is 0 Å². The van der Waals surface area contributed by atoms with E-state index >= 15 is 0 Å². The number of hydrogen-bond acceptors (Lipinski definition) is 4. The van der Waals surface area contributed by atoms with Crippen LogP contribution in [0.4, 0.5) is 0 Å². The molecule has 6 heteroatoms. The first-order valence-corrected chi connectivity index (χ1v) is 8.51. The Morgan fingerprint density at radius 1 is 0.957 bits per heavy atom. The SMILES string of the molecule is O=C1CCCc2oc3c(c21)C(=O)C1(Cl)C2C=CC(C2)C1(Cl)C3=O. The van der Waals surface area contributed by atoms with Crippen molar-refractivity contribution in [2.24, 2.45) is 11.8 Å². The number of carbonyl (C=O) groups is 3. The summed E-state index contributed by atoms with van der Waals surface area (Å²) in [5.74, 6) is -1.26. The van der Waals surface area contributed by atoms with Crippen LogP contribution in [0.2, 0.25) is 0 Å². The highest BCUT2D eigenvalue weighted by Gasteiger charge is 2.75. The number of fused-ring (bicyclic) bond motifs is 8. The standard InChI is InChI=1S/C17H12Cl2O4/c18-16-7-4-5-8(6-7)17(16,19)15(22)13-12(14(16)21)11-9(20)2-1-3-10(11)23-13/h4-5,7-8H,1-3,6H2. The van der Waals surface area contributed by atoms with Gasteiger partial charge < -0.3 is 4.42 Å². The number of ketones is 3. The van der Waals surface area contributed by atoms with E-state index in [2.05, 4.69) is 0 Å². The van der Waals surface area contributed by atoms with E-state index in [0.29, 0.717) is 31.4 Å². The second kappa shape index (κ2) is 3.98. The molecule has 0 aliphatic heterocycles. The molecule has 4 aliphatic carbocycles. The Bertz CT molecular complexity index is 851. The van der Waals surface area contributed by atoms with Gasteiger partial charge in [0, 0.05) is 24.7 Å². The number of Topliss-reactive ketones (excluding diaryl/α,β-unsaturated/α-hetero) is 3. The van der Waals surface area contributed by atoms with Crippen LogP contribution in [-0.4, -0.2) is 27.1 Å². The third kappa shape index (κ3) is 1.28. The summed E-state index contributed by atoms with van der Waals surface area (Å²) in [6.07, 6.45) is 5.86. The number of hydrogen-bond donors (Lipinski definition) is 0. The zero-order valence-electron chi connectivity index (χ0n) is 12.0. The third-order valence-corrected chi connectivity index (χ3v) is 7.39. The van der Waals surface area contributed by atoms with Crippen LogP contribution >= 0.6 is 23.2 Å². The molecule has 23 heavy (non-hydrogen) atoms. The lowest BCUT2D eigenvalue weighted by molar-refractivity contribution is 0.0754. The zero-order chi connectivity index (χ0) is 16.1. The molecule has 4 aliphatic rings. The molecule has 118 valence electrons. The van der Waals surface area contributed by atoms with Gasteiger partial charge in [-0.25, -0.2) is 0 Å². The van der Waals surface area contributed by atoms with Gasteiger partial charge in [0.1, 0.15) is 15.5 Å². The van der Waals surface area contributed by atoms with Gasteiger partial charge in [-0.3, -0.25) is 14.4 Å². The second-order valence-corrected chi connectivity index (χ2v) is 7.99. The lowest BCUT2D eigenvalue weighted by Gasteiger charge is -2.43. The fourth-order valence-corrected chi connectivity index (χ4v) is 5.66. The summed E-state index contributed by atoms with van der Waals surface area (Å²) in [6, 6.07) is 0. The Hall–Kier alpha value is -1.39. The first kappa shape index (κ1) is 14.0. The summed E-state index contributed by atoms with van der Waals surface area (Å²) < 4.78 is 5.65. The molecule has 4 nitrogen and oxygen atoms in total. The fourth-order valence-electron chi connectivity index (χ4n) is 4.70. The molecule has 5 rings (SSSR count). The van der Waals surface area contributed by atoms with Crippen molar-refractivity contribution in [1.29, 1.82) is 0 Å². The Morgan fingerprint density at radius 3 is 2.30 bits per heavy atom. The maximum Gasteiger partial charge on any atom is 0.222 e. The molecule has 0 N–H and O–H groups in total. The first-order valence-electron chi connectivity index (χ1n) is 7.75. The molecule has 0 amide bonds. The predicted octanol–water partition coefficient (Wildman–Crippen LogP) is 3.34. The molecule has 4 atom stereocenters. The fraction of sp³-hybridized carbons (Fsp3) is 0.471. The summed E-state index contributed by atoms with van der Waals surface area (Å²) in [5, 5.41) is 0. The van der Waals surface area contributed by atoms with E-state index in [4.69, 9.17) is 27.6 Å². The monoisotopic (exact) mass is 350 g/mol. The van der Waals surface area contributed by atoms with Crippen molar-refractivity contribution < 1.29 is 18.8 Å². The van der Waals surface area contributed by atoms with Crippen molar-refractivity contribution in [2.45, 2.75) is 35.4 Å². The van der Waals surface area contributed by atoms with Gasteiger partial charge in [-0.1, -0.05) is 12.2 Å². The van der Waals surface area contributed by atoms with Gasteiger partial charge in [-0.15, -0.1) is 23.2 Å². The minimum atomic E-state index is -1.52. The average molecular weight is 351 g/mol. The highest BCUT2D eigenvalue weighted by molar-refractivity contribution is 6.55. The normalized spacial score (nSPS) is 40.3. The molecule has 1 saturated carbocycles. The predicted molar refractivity (Wildman–Crippen MR) is 82.5 cm³/mol. The highest BCUT2D eigenvalue weighted by atomic mass is 35.5. The van der Waals surface area contributed by atoms with Crippen LogP contribution in [0.3, 0.4) is 0 Å². The summed E-state index contributed by atoms with van der Waals surface area (Å²) in [6.45, 7) is 0. The van der Waals surface area contributed by atoms with Crippen LogP contribution in [0.15, 0.2) is 16.6 Å². The molecule has 1 aromatic rings. The highest BCUT2D eigenvalue weighted by Crippen LogP contribution is 2.64. The molecule has 0 aromatic carbocycles. The maximum absolute atomic E-state index is 13.2. The van der Waals surface area contributed by atoms with Gasteiger partial charge in [0.05, 0.1) is 11.1 Å². The van der Waals surface area contributed by atoms with Crippen LogP contribution in [-0.2, 0) is 6.42 Å². The molecule has 1 fully saturated rings. The molecule has 0 saturated heterocycles. The van der Waals surface area contributed by atoms with Crippen molar-refractivity contribution in [3.05, 3.63) is 34.8 Å². The Morgan fingerprint density at radius 2 is 1.61 bits per heavy atom. The number of halogens is 2. The van der Waals surface area contributed by atoms with Gasteiger partial charge >= 0.3 is 0 Å². The summed E-state index contributed by atoms with van der Waals surface area (Å²) in [4.78, 5) is 35.6. The van der Waals surface area contributed by atoms with Crippen molar-refractivity contribution in [3.8, 4) is 0 Å². The topological polar surface area (TPSA) is 64.3 Å². The smallest absolute Gasteiger partial charge is 0.222 e. The van der Waals surface area contributed by atoms with Gasteiger partial charge in [-0.05, 0) is 12.8 Å². The van der Waals surface area contributed by atoms with E-state index in [-0.39, 0.29) is 34.5 Å². The number of alkyl halides is 2. The van der Waals surface area contributed by atoms with Crippen molar-refractivity contribution in [2.75, 3.05) is 0 Å². The molecule has 2 bridgehead atoms. The van der Waals surface area contributed by atoms with Crippen molar-refractivity contribution in [1.82, 2.24) is 0 Å². The van der Waals surface area contributed by atoms with Crippen LogP contribution < -0.4 is 0 Å². The largest absolute Gasteiger partial charge is 0.456 e. The van der Waals surface area contributed by atoms with Crippen molar-refractivity contribution >= 4 is 40.6 Å². The van der Waals surface area contributed by atoms with E-state index in [1.54, 1.807) is 0 Å². The lowest BCUT2D eigenvalue weighted by Crippen LogP contribution is -2.62. The zero-order valence-corrected chi connectivity index (χ0v) is 13.5. The lowest BCUT2D eigenvalue weighted by atomic mass is 9.68. The van der Waals surface area contributed by atoms with E-state index in [0.717, 1.165) is 0 Å². The van der Waals surface area contributed by atoms with E-state index in [1.165, 1.54) is 0 Å². The van der Waals surface area contributed by atoms with Crippen LogP contribution in [0.5, 0.6) is 0 Å². The molecule has 0 radical (unpaired) electrons. The quantitative estimate of drug-likeness (QED) is 0.531. The summed E-state index contributed by atoms with van der Waals surface area (Å²) >= 11 is 13.4. The Kier molecular flexibility index (Phi) is 2.42. The van der Waals surface area contributed by atoms with Crippen LogP contribution in [0, 0.1) is 11.8 Å². The third-order valence-electron chi connectivity index (χ3n) is 5.80. The van der Waals surface area contributed by atoms with E-state index < -0.39 is 21.3 Å². The molecule has 4 unspecified atom stereocenters. The number of rotatable bonds is 0. The summed E-state index contributed by atoms with van der Waals surface area (Å²) in [7, 11) is 0. The average Bonchev–Trinajstić information content (AvgIpc) is 3.20. The molecule has 0 spiro atoms. The van der Waals surface area contributed by atoms with E-state index in [9.17, 15) is 14.4 Å². The number of aryl methyl sites for hydroxylation is 1. The number of carbonyl (C=O) groups excluding carboxylic acids is 3. The Labute approximate surface area is 141 Å². The molecular formula is C17H12Cl2O4. The van der Waals surface area contributed by atoms with Gasteiger partial charge in [0.2, 0.25) is 5.78 Å².